The zero-order valence-electron chi connectivity index (χ0n) is 19.0. The fourth-order valence-corrected chi connectivity index (χ4v) is 9.87. The van der Waals surface area contributed by atoms with Crippen LogP contribution in [0.5, 0.6) is 0 Å². The van der Waals surface area contributed by atoms with E-state index in [9.17, 15) is 14.0 Å². The first-order valence-electron chi connectivity index (χ1n) is 10.8. The van der Waals surface area contributed by atoms with Crippen LogP contribution in [0.1, 0.15) is 25.0 Å². The van der Waals surface area contributed by atoms with E-state index in [0.29, 0.717) is 0 Å². The maximum absolute atomic E-state index is 11.5. The summed E-state index contributed by atoms with van der Waals surface area (Å²) in [7, 11) is -2.45. The minimum absolute atomic E-state index is 0.130. The van der Waals surface area contributed by atoms with Crippen molar-refractivity contribution in [1.29, 1.82) is 0 Å². The van der Waals surface area contributed by atoms with Crippen molar-refractivity contribution < 1.29 is 27.6 Å². The number of hydrogen-bond acceptors (Lipinski definition) is 5. The number of nitrogens with zero attached hydrogens (tertiary/aromatic N) is 1. The molecule has 0 radical (unpaired) electrons. The second-order valence-corrected chi connectivity index (χ2v) is 13.4. The van der Waals surface area contributed by atoms with Gasteiger partial charge in [0.1, 0.15) is 0 Å². The second-order valence-electron chi connectivity index (χ2n) is 8.73. The molecule has 7 heteroatoms. The van der Waals surface area contributed by atoms with Crippen molar-refractivity contribution >= 4 is 29.5 Å². The second kappa shape index (κ2) is 8.59. The standard InChI is InChI=1S/C27H24ClNO4Se/c1-27(2)22-14-6-7-15-23(22)29(3)26(27)18-10-13-19-20-11-4-8-16-24(20)34(33-28(30,31)32)25-17-9-5-12-21(19)25/h4-18H,1-3H3/b13-10+,26-18-. The van der Waals surface area contributed by atoms with E-state index in [1.807, 2.05) is 54.6 Å². The molecule has 0 aromatic heterocycles. The van der Waals surface area contributed by atoms with Gasteiger partial charge in [-0.1, -0.05) is 0 Å². The molecular weight excluding hydrogens is 517 g/mol. The number of fused-ring (bicyclic) bond motifs is 3. The van der Waals surface area contributed by atoms with E-state index in [-0.39, 0.29) is 5.41 Å². The van der Waals surface area contributed by atoms with Gasteiger partial charge in [-0.3, -0.25) is 0 Å². The quantitative estimate of drug-likeness (QED) is 0.456. The van der Waals surface area contributed by atoms with E-state index in [1.54, 1.807) is 0 Å². The van der Waals surface area contributed by atoms with Gasteiger partial charge >= 0.3 is 205 Å². The molecule has 5 rings (SSSR count). The summed E-state index contributed by atoms with van der Waals surface area (Å²) in [5.41, 5.74) is 5.42. The SMILES string of the molecule is CN1/C(=C\C=C\C2=c3ccccc3=[Se](O[Cl+3]([O-])([O-])[O-])c3ccccc32)C(C)(C)c2ccccc21. The summed E-state index contributed by atoms with van der Waals surface area (Å²) in [4.78, 5) is 2.22. The molecule has 0 aliphatic carbocycles. The third-order valence-corrected chi connectivity index (χ3v) is 11.6. The Balaban J connectivity index is 1.66. The van der Waals surface area contributed by atoms with Crippen LogP contribution in [0.4, 0.5) is 5.69 Å². The molecule has 174 valence electrons. The van der Waals surface area contributed by atoms with E-state index in [1.165, 1.54) is 16.9 Å². The van der Waals surface area contributed by atoms with Gasteiger partial charge < -0.3 is 0 Å². The summed E-state index contributed by atoms with van der Waals surface area (Å²) >= 11 is -2.53. The number of benzene rings is 3. The van der Waals surface area contributed by atoms with Gasteiger partial charge in [-0.2, -0.15) is 0 Å². The molecule has 1 atom stereocenters. The zero-order chi connectivity index (χ0) is 24.1. The van der Waals surface area contributed by atoms with Gasteiger partial charge in [0.2, 0.25) is 0 Å². The van der Waals surface area contributed by atoms with Crippen LogP contribution in [0.25, 0.3) is 5.57 Å². The Morgan fingerprint density at radius 3 is 2.35 bits per heavy atom. The number of likely N-dealkylation sites (N-methyl/N-ethyl adjacent to an activating group) is 1. The Morgan fingerprint density at radius 1 is 0.912 bits per heavy atom. The van der Waals surface area contributed by atoms with E-state index in [4.69, 9.17) is 3.37 Å². The summed E-state index contributed by atoms with van der Waals surface area (Å²) in [6, 6.07) is 23.6. The Hall–Kier alpha value is -2.54. The van der Waals surface area contributed by atoms with Crippen molar-refractivity contribution in [2.75, 3.05) is 11.9 Å². The number of rotatable bonds is 4. The Kier molecular flexibility index (Phi) is 5.87. The molecule has 0 amide bonds. The van der Waals surface area contributed by atoms with E-state index in [0.717, 1.165) is 24.9 Å². The third kappa shape index (κ3) is 3.98. The van der Waals surface area contributed by atoms with Crippen LogP contribution in [0.15, 0.2) is 96.7 Å². The van der Waals surface area contributed by atoms with E-state index < -0.39 is 24.0 Å². The van der Waals surface area contributed by atoms with Gasteiger partial charge in [-0.15, -0.1) is 0 Å². The third-order valence-electron chi connectivity index (χ3n) is 6.35. The normalized spacial score (nSPS) is 19.9. The number of allylic oxidation sites excluding steroid dienone is 4. The average Bonchev–Trinajstić information content (AvgIpc) is 3.00. The zero-order valence-corrected chi connectivity index (χ0v) is 21.5. The monoisotopic (exact) mass is 541 g/mol. The molecule has 0 saturated carbocycles. The summed E-state index contributed by atoms with van der Waals surface area (Å²) in [6.07, 6.45) is 6.24. The van der Waals surface area contributed by atoms with Gasteiger partial charge in [0, 0.05) is 0 Å². The van der Waals surface area contributed by atoms with Crippen LogP contribution in [0.2, 0.25) is 0 Å². The molecule has 0 bridgehead atoms. The number of anilines is 1. The molecule has 3 aromatic carbocycles. The first-order chi connectivity index (χ1) is 16.2. The molecule has 2 aliphatic heterocycles. The first-order valence-corrected chi connectivity index (χ1v) is 14.5. The van der Waals surface area contributed by atoms with E-state index in [2.05, 4.69) is 62.2 Å². The topological polar surface area (TPSA) is 81.7 Å². The molecule has 0 saturated heterocycles. The van der Waals surface area contributed by atoms with Crippen molar-refractivity contribution in [3.63, 3.8) is 0 Å². The van der Waals surface area contributed by atoms with Crippen molar-refractivity contribution in [2.24, 2.45) is 0 Å². The molecule has 0 spiro atoms. The van der Waals surface area contributed by atoms with E-state index >= 15 is 0 Å². The molecule has 2 aliphatic rings. The molecule has 1 unspecified atom stereocenters. The Bertz CT molecular complexity index is 1470. The average molecular weight is 541 g/mol. The van der Waals surface area contributed by atoms with Crippen molar-refractivity contribution in [3.05, 3.63) is 117 Å². The van der Waals surface area contributed by atoms with Crippen LogP contribution in [0, 0.1) is 14.3 Å². The Labute approximate surface area is 205 Å². The number of para-hydroxylation sites is 1. The number of halogens is 1. The molecule has 2 heterocycles. The van der Waals surface area contributed by atoms with Gasteiger partial charge in [0.15, 0.2) is 0 Å². The fraction of sp³-hybridized carbons (Fsp3) is 0.148. The van der Waals surface area contributed by atoms with Crippen LogP contribution < -0.4 is 28.6 Å². The summed E-state index contributed by atoms with van der Waals surface area (Å²) in [6.45, 7) is 4.45. The summed E-state index contributed by atoms with van der Waals surface area (Å²) in [5, 5.41) is 0.891. The van der Waals surface area contributed by atoms with Gasteiger partial charge in [-0.25, -0.2) is 0 Å². The summed E-state index contributed by atoms with van der Waals surface area (Å²) in [5.74, 6) is 0. The van der Waals surface area contributed by atoms with Crippen LogP contribution in [0.3, 0.4) is 0 Å². The molecule has 0 N–H and O–H groups in total. The molecule has 0 fully saturated rings. The fourth-order valence-electron chi connectivity index (χ4n) is 4.83. The van der Waals surface area contributed by atoms with Crippen molar-refractivity contribution in [3.8, 4) is 0 Å². The van der Waals surface area contributed by atoms with Gasteiger partial charge in [-0.05, 0) is 0 Å². The van der Waals surface area contributed by atoms with Crippen molar-refractivity contribution in [2.45, 2.75) is 19.3 Å². The predicted octanol–water partition coefficient (Wildman–Crippen LogP) is 0.712. The number of hydrogen-bond donors (Lipinski definition) is 0. The van der Waals surface area contributed by atoms with Crippen LogP contribution in [-0.2, 0) is 8.79 Å². The molecule has 5 nitrogen and oxygen atoms in total. The Morgan fingerprint density at radius 2 is 1.59 bits per heavy atom. The predicted molar refractivity (Wildman–Crippen MR) is 125 cm³/mol. The molecular formula is C27H24ClNO4Se. The summed E-state index contributed by atoms with van der Waals surface area (Å²) < 4.78 is 41.1. The molecule has 34 heavy (non-hydrogen) atoms. The minimum atomic E-state index is -4.54. The van der Waals surface area contributed by atoms with Crippen molar-refractivity contribution in [1.82, 2.24) is 0 Å². The van der Waals surface area contributed by atoms with Gasteiger partial charge in [0.05, 0.1) is 0 Å². The maximum atomic E-state index is 11.5. The first kappa shape index (κ1) is 23.2. The van der Waals surface area contributed by atoms with Crippen LogP contribution >= 0.6 is 0 Å². The van der Waals surface area contributed by atoms with Crippen LogP contribution in [-0.4, -0.2) is 20.8 Å². The molecule has 3 aromatic rings. The van der Waals surface area contributed by atoms with Gasteiger partial charge in [0.25, 0.3) is 0 Å².